The Morgan fingerprint density at radius 1 is 1.14 bits per heavy atom. The third kappa shape index (κ3) is 4.12. The second-order valence-corrected chi connectivity index (χ2v) is 6.20. The number of nitrogens with zero attached hydrogens (tertiary/aromatic N) is 3. The van der Waals surface area contributed by atoms with Crippen LogP contribution in [0.2, 0.25) is 10.0 Å². The van der Waals surface area contributed by atoms with Crippen LogP contribution in [0, 0.1) is 0 Å². The molecule has 1 fully saturated rings. The second-order valence-electron chi connectivity index (χ2n) is 5.39. The largest absolute Gasteiger partial charge is 0.339 e. The summed E-state index contributed by atoms with van der Waals surface area (Å²) in [5.41, 5.74) is 0.573. The molecule has 0 unspecified atom stereocenters. The van der Waals surface area contributed by atoms with Gasteiger partial charge in [0.15, 0.2) is 0 Å². The Bertz CT molecular complexity index is 572. The van der Waals surface area contributed by atoms with Crippen LogP contribution in [0.1, 0.15) is 6.92 Å². The molecule has 1 aromatic rings. The van der Waals surface area contributed by atoms with E-state index in [0.29, 0.717) is 28.8 Å². The molecule has 0 bridgehead atoms. The monoisotopic (exact) mass is 343 g/mol. The molecule has 2 rings (SSSR count). The quantitative estimate of drug-likeness (QED) is 0.844. The van der Waals surface area contributed by atoms with Crippen molar-refractivity contribution in [2.75, 3.05) is 44.7 Å². The minimum Gasteiger partial charge on any atom is -0.339 e. The molecular weight excluding hydrogens is 325 g/mol. The van der Waals surface area contributed by atoms with Crippen molar-refractivity contribution in [2.45, 2.75) is 6.92 Å². The maximum Gasteiger partial charge on any atom is 0.242 e. The second kappa shape index (κ2) is 7.31. The zero-order valence-electron chi connectivity index (χ0n) is 12.7. The highest BCUT2D eigenvalue weighted by Crippen LogP contribution is 2.27. The van der Waals surface area contributed by atoms with E-state index in [1.165, 1.54) is 11.8 Å². The lowest BCUT2D eigenvalue weighted by Gasteiger charge is -2.33. The SMILES string of the molecule is CC(=O)N(CC(=O)N1CCN(C)CC1)c1ccc(Cl)c(Cl)c1. The molecule has 0 radical (unpaired) electrons. The Morgan fingerprint density at radius 2 is 1.77 bits per heavy atom. The summed E-state index contributed by atoms with van der Waals surface area (Å²) in [4.78, 5) is 29.7. The van der Waals surface area contributed by atoms with Crippen LogP contribution in [0.3, 0.4) is 0 Å². The van der Waals surface area contributed by atoms with E-state index >= 15 is 0 Å². The number of amides is 2. The van der Waals surface area contributed by atoms with Crippen molar-refractivity contribution in [2.24, 2.45) is 0 Å². The Labute approximate surface area is 140 Å². The topological polar surface area (TPSA) is 43.9 Å². The minimum atomic E-state index is -0.208. The van der Waals surface area contributed by atoms with Gasteiger partial charge < -0.3 is 14.7 Å². The fourth-order valence-electron chi connectivity index (χ4n) is 2.33. The molecule has 2 amide bonds. The lowest BCUT2D eigenvalue weighted by molar-refractivity contribution is -0.132. The van der Waals surface area contributed by atoms with Crippen LogP contribution in [0.4, 0.5) is 5.69 Å². The minimum absolute atomic E-state index is 0.0109. The lowest BCUT2D eigenvalue weighted by atomic mass is 10.2. The van der Waals surface area contributed by atoms with Crippen LogP contribution in [0.15, 0.2) is 18.2 Å². The molecular formula is C15H19Cl2N3O2. The van der Waals surface area contributed by atoms with E-state index in [1.54, 1.807) is 23.1 Å². The van der Waals surface area contributed by atoms with Gasteiger partial charge in [-0.25, -0.2) is 0 Å². The summed E-state index contributed by atoms with van der Waals surface area (Å²) in [6, 6.07) is 4.91. The summed E-state index contributed by atoms with van der Waals surface area (Å²) in [6.07, 6.45) is 0. The molecule has 120 valence electrons. The molecule has 0 aromatic heterocycles. The predicted molar refractivity (Wildman–Crippen MR) is 88.6 cm³/mol. The van der Waals surface area contributed by atoms with Crippen molar-refractivity contribution in [1.82, 2.24) is 9.80 Å². The van der Waals surface area contributed by atoms with Gasteiger partial charge >= 0.3 is 0 Å². The molecule has 0 aliphatic carbocycles. The highest BCUT2D eigenvalue weighted by Gasteiger charge is 2.23. The van der Waals surface area contributed by atoms with Crippen LogP contribution < -0.4 is 4.90 Å². The Hall–Kier alpha value is -1.30. The van der Waals surface area contributed by atoms with Gasteiger partial charge in [-0.1, -0.05) is 23.2 Å². The van der Waals surface area contributed by atoms with Crippen LogP contribution in [0.25, 0.3) is 0 Å². The van der Waals surface area contributed by atoms with Crippen molar-refractivity contribution in [3.8, 4) is 0 Å². The van der Waals surface area contributed by atoms with Gasteiger partial charge in [-0.15, -0.1) is 0 Å². The van der Waals surface area contributed by atoms with Crippen LogP contribution in [-0.4, -0.2) is 61.4 Å². The fraction of sp³-hybridized carbons (Fsp3) is 0.467. The molecule has 7 heteroatoms. The number of benzene rings is 1. The zero-order valence-corrected chi connectivity index (χ0v) is 14.2. The highest BCUT2D eigenvalue weighted by molar-refractivity contribution is 6.42. The van der Waals surface area contributed by atoms with E-state index in [1.807, 2.05) is 7.05 Å². The van der Waals surface area contributed by atoms with Gasteiger partial charge in [0.05, 0.1) is 10.0 Å². The summed E-state index contributed by atoms with van der Waals surface area (Å²) in [5.74, 6) is -0.268. The van der Waals surface area contributed by atoms with Crippen molar-refractivity contribution in [3.63, 3.8) is 0 Å². The first-order valence-electron chi connectivity index (χ1n) is 7.08. The number of hydrogen-bond acceptors (Lipinski definition) is 3. The first-order chi connectivity index (χ1) is 10.4. The molecule has 1 aliphatic rings. The summed E-state index contributed by atoms with van der Waals surface area (Å²) in [7, 11) is 2.03. The maximum atomic E-state index is 12.4. The first kappa shape index (κ1) is 17.1. The molecule has 0 spiro atoms. The average molecular weight is 344 g/mol. The summed E-state index contributed by atoms with van der Waals surface area (Å²) in [5, 5.41) is 0.775. The predicted octanol–water partition coefficient (Wildman–Crippen LogP) is 2.12. The summed E-state index contributed by atoms with van der Waals surface area (Å²) >= 11 is 11.9. The third-order valence-corrected chi connectivity index (χ3v) is 4.48. The van der Waals surface area contributed by atoms with E-state index in [-0.39, 0.29) is 18.4 Å². The van der Waals surface area contributed by atoms with Crippen LogP contribution in [0.5, 0.6) is 0 Å². The van der Waals surface area contributed by atoms with E-state index in [4.69, 9.17) is 23.2 Å². The van der Waals surface area contributed by atoms with E-state index in [0.717, 1.165) is 13.1 Å². The number of likely N-dealkylation sites (N-methyl/N-ethyl adjacent to an activating group) is 1. The molecule has 1 saturated heterocycles. The number of rotatable bonds is 3. The van der Waals surface area contributed by atoms with Crippen molar-refractivity contribution < 1.29 is 9.59 Å². The standard InChI is InChI=1S/C15H19Cl2N3O2/c1-11(21)20(12-3-4-13(16)14(17)9-12)10-15(22)19-7-5-18(2)6-8-19/h3-4,9H,5-8,10H2,1-2H3. The Morgan fingerprint density at radius 3 is 2.32 bits per heavy atom. The van der Waals surface area contributed by atoms with Gasteiger partial charge in [-0.2, -0.15) is 0 Å². The molecule has 22 heavy (non-hydrogen) atoms. The molecule has 0 saturated carbocycles. The Kier molecular flexibility index (Phi) is 5.67. The van der Waals surface area contributed by atoms with Gasteiger partial charge in [0.1, 0.15) is 6.54 Å². The van der Waals surface area contributed by atoms with Gasteiger partial charge in [-0.05, 0) is 25.2 Å². The summed E-state index contributed by atoms with van der Waals surface area (Å²) < 4.78 is 0. The van der Waals surface area contributed by atoms with Crippen LogP contribution >= 0.6 is 23.2 Å². The van der Waals surface area contributed by atoms with Gasteiger partial charge in [0.2, 0.25) is 11.8 Å². The van der Waals surface area contributed by atoms with E-state index < -0.39 is 0 Å². The normalized spacial score (nSPS) is 15.7. The number of carbonyl (C=O) groups is 2. The number of halogens is 2. The molecule has 1 aromatic carbocycles. The third-order valence-electron chi connectivity index (χ3n) is 3.74. The zero-order chi connectivity index (χ0) is 16.3. The van der Waals surface area contributed by atoms with Gasteiger partial charge in [0.25, 0.3) is 0 Å². The first-order valence-corrected chi connectivity index (χ1v) is 7.83. The highest BCUT2D eigenvalue weighted by atomic mass is 35.5. The van der Waals surface area contributed by atoms with E-state index in [9.17, 15) is 9.59 Å². The smallest absolute Gasteiger partial charge is 0.242 e. The molecule has 0 atom stereocenters. The maximum absolute atomic E-state index is 12.4. The number of piperazine rings is 1. The van der Waals surface area contributed by atoms with Crippen molar-refractivity contribution >= 4 is 40.7 Å². The number of carbonyl (C=O) groups excluding carboxylic acids is 2. The van der Waals surface area contributed by atoms with E-state index in [2.05, 4.69) is 4.90 Å². The fourth-order valence-corrected chi connectivity index (χ4v) is 2.62. The van der Waals surface area contributed by atoms with Crippen molar-refractivity contribution in [1.29, 1.82) is 0 Å². The van der Waals surface area contributed by atoms with Crippen LogP contribution in [-0.2, 0) is 9.59 Å². The lowest BCUT2D eigenvalue weighted by Crippen LogP contribution is -2.50. The number of hydrogen-bond donors (Lipinski definition) is 0. The molecule has 1 heterocycles. The Balaban J connectivity index is 2.10. The summed E-state index contributed by atoms with van der Waals surface area (Å²) in [6.45, 7) is 4.50. The average Bonchev–Trinajstić information content (AvgIpc) is 2.48. The molecule has 5 nitrogen and oxygen atoms in total. The van der Waals surface area contributed by atoms with Crippen molar-refractivity contribution in [3.05, 3.63) is 28.2 Å². The van der Waals surface area contributed by atoms with Gasteiger partial charge in [0, 0.05) is 38.8 Å². The molecule has 1 aliphatic heterocycles. The number of anilines is 1. The van der Waals surface area contributed by atoms with Gasteiger partial charge in [-0.3, -0.25) is 9.59 Å². The molecule has 0 N–H and O–H groups in total.